The summed E-state index contributed by atoms with van der Waals surface area (Å²) in [6.07, 6.45) is -4.11. The number of likely N-dealkylation sites (N-methyl/N-ethyl adjacent to an activating group) is 1. The van der Waals surface area contributed by atoms with Crippen LogP contribution in [-0.2, 0) is 40.9 Å². The van der Waals surface area contributed by atoms with Crippen LogP contribution in [0.25, 0.3) is 22.3 Å². The van der Waals surface area contributed by atoms with Gasteiger partial charge in [0.15, 0.2) is 35.0 Å². The maximum Gasteiger partial charge on any atom is 0.332 e. The number of rotatable bonds is 11. The van der Waals surface area contributed by atoms with Gasteiger partial charge in [-0.3, -0.25) is 38.2 Å². The molecule has 7 N–H and O–H groups in total. The molecule has 0 aliphatic carbocycles. The second-order valence-corrected chi connectivity index (χ2v) is 12.0. The van der Waals surface area contributed by atoms with Gasteiger partial charge in [-0.1, -0.05) is 0 Å². The van der Waals surface area contributed by atoms with Crippen molar-refractivity contribution in [3.63, 3.8) is 0 Å². The fourth-order valence-electron chi connectivity index (χ4n) is 6.08. The quantitative estimate of drug-likeness (QED) is 0.0982. The minimum atomic E-state index is -1.52. The molecule has 6 rings (SSSR count). The molecule has 20 heteroatoms. The van der Waals surface area contributed by atoms with Gasteiger partial charge in [0.05, 0.1) is 6.33 Å². The van der Waals surface area contributed by atoms with E-state index in [0.717, 1.165) is 4.57 Å². The molecule has 0 bridgehead atoms. The number of hydrogen-bond donors (Lipinski definition) is 6. The van der Waals surface area contributed by atoms with Crippen LogP contribution in [0.1, 0.15) is 49.6 Å². The maximum absolute atomic E-state index is 13.1. The van der Waals surface area contributed by atoms with Crippen LogP contribution in [0.5, 0.6) is 0 Å². The van der Waals surface area contributed by atoms with E-state index in [9.17, 15) is 34.2 Å². The second-order valence-electron chi connectivity index (χ2n) is 12.0. The van der Waals surface area contributed by atoms with Gasteiger partial charge in [-0.2, -0.15) is 9.97 Å². The predicted octanol–water partition coefficient (Wildman–Crippen LogP) is -0.763. The summed E-state index contributed by atoms with van der Waals surface area (Å²) in [6, 6.07) is 6.05. The minimum absolute atomic E-state index is 0.0318. The molecular formula is C32H38N12O8. The number of fused-ring (bicyclic) bond motifs is 2. The normalized spacial score (nSPS) is 18.6. The van der Waals surface area contributed by atoms with Gasteiger partial charge >= 0.3 is 5.69 Å². The monoisotopic (exact) mass is 718 g/mol. The Bertz CT molecular complexity index is 2310. The number of anilines is 3. The number of hydrogen-bond acceptors (Lipinski definition) is 13. The molecule has 274 valence electrons. The number of nitrogen functional groups attached to an aromatic ring is 1. The van der Waals surface area contributed by atoms with Crippen LogP contribution in [-0.4, -0.2) is 91.0 Å². The number of aryl methyl sites for hydroxylation is 3. The molecule has 5 aromatic rings. The van der Waals surface area contributed by atoms with Crippen molar-refractivity contribution >= 4 is 57.5 Å². The zero-order chi connectivity index (χ0) is 37.4. The molecule has 1 aromatic carbocycles. The molecule has 20 nitrogen and oxygen atoms in total. The van der Waals surface area contributed by atoms with Gasteiger partial charge in [0.1, 0.15) is 23.5 Å². The molecular weight excluding hydrogens is 680 g/mol. The van der Waals surface area contributed by atoms with Crippen molar-refractivity contribution in [2.45, 2.75) is 71.2 Å². The van der Waals surface area contributed by atoms with Gasteiger partial charge in [-0.05, 0) is 45.0 Å². The van der Waals surface area contributed by atoms with Crippen LogP contribution < -0.4 is 32.9 Å². The topological polar surface area (TPSA) is 268 Å². The second kappa shape index (κ2) is 14.3. The van der Waals surface area contributed by atoms with Crippen molar-refractivity contribution in [1.29, 1.82) is 0 Å². The van der Waals surface area contributed by atoms with E-state index in [1.165, 1.54) is 39.7 Å². The molecule has 1 aliphatic heterocycles. The lowest BCUT2D eigenvalue weighted by molar-refractivity contribution is -0.137. The Hall–Kier alpha value is -5.99. The number of aromatic nitrogens is 8. The lowest BCUT2D eigenvalue weighted by Crippen LogP contribution is -2.42. The molecule has 1 aliphatic rings. The predicted molar refractivity (Wildman–Crippen MR) is 186 cm³/mol. The van der Waals surface area contributed by atoms with E-state index in [-0.39, 0.29) is 59.4 Å². The molecule has 1 fully saturated rings. The van der Waals surface area contributed by atoms with Crippen LogP contribution in [0.2, 0.25) is 0 Å². The third-order valence-electron chi connectivity index (χ3n) is 8.77. The van der Waals surface area contributed by atoms with Crippen LogP contribution >= 0.6 is 0 Å². The van der Waals surface area contributed by atoms with E-state index >= 15 is 0 Å². The highest BCUT2D eigenvalue weighted by atomic mass is 16.6. The van der Waals surface area contributed by atoms with Crippen LogP contribution in [0, 0.1) is 0 Å². The van der Waals surface area contributed by atoms with E-state index < -0.39 is 47.6 Å². The van der Waals surface area contributed by atoms with E-state index in [1.54, 1.807) is 32.4 Å². The summed E-state index contributed by atoms with van der Waals surface area (Å²) in [4.78, 5) is 81.1. The van der Waals surface area contributed by atoms with Gasteiger partial charge in [0, 0.05) is 50.8 Å². The first-order valence-corrected chi connectivity index (χ1v) is 16.6. The number of nitrogens with one attached hydrogen (secondary N) is 3. The molecule has 3 amide bonds. The first kappa shape index (κ1) is 35.8. The Kier molecular flexibility index (Phi) is 9.87. The fourth-order valence-corrected chi connectivity index (χ4v) is 6.08. The van der Waals surface area contributed by atoms with Gasteiger partial charge in [-0.25, -0.2) is 14.8 Å². The molecule has 4 atom stereocenters. The molecule has 1 saturated heterocycles. The number of amides is 3. The summed E-state index contributed by atoms with van der Waals surface area (Å²) in [5.41, 5.74) is 6.63. The van der Waals surface area contributed by atoms with Crippen LogP contribution in [0.15, 0.2) is 40.2 Å². The number of nitrogens with zero attached hydrogens (tertiary/aromatic N) is 8. The Balaban J connectivity index is 1.11. The summed E-state index contributed by atoms with van der Waals surface area (Å²) < 4.78 is 11.2. The van der Waals surface area contributed by atoms with Gasteiger partial charge in [0.2, 0.25) is 11.9 Å². The lowest BCUT2D eigenvalue weighted by Gasteiger charge is -2.16. The number of benzene rings is 1. The zero-order valence-electron chi connectivity index (χ0n) is 28.7. The SMILES string of the molecule is CCNC(=O)[C@@H]1O[C@@H](n2cnc3c(N)nc(NC(=O)c4ccc(NC(=O)CCc5nc6c(c(=O)n(CC)c(=O)n6CC)n5C)cc4)nc32)[C@H](O)[C@@H]1O. The van der Waals surface area contributed by atoms with Crippen molar-refractivity contribution in [3.05, 3.63) is 62.8 Å². The summed E-state index contributed by atoms with van der Waals surface area (Å²) >= 11 is 0. The summed E-state index contributed by atoms with van der Waals surface area (Å²) in [6.45, 7) is 6.06. The largest absolute Gasteiger partial charge is 0.387 e. The highest BCUT2D eigenvalue weighted by Gasteiger charge is 2.47. The van der Waals surface area contributed by atoms with Gasteiger partial charge in [0.25, 0.3) is 17.4 Å². The standard InChI is InChI=1S/C32H38N12O8/c1-5-34-28(49)23-21(46)22(47)30(52-23)44-14-35-19-24(33)38-31(39-25(19)44)40-27(48)15-8-10-16(11-9-15)36-18(45)13-12-17-37-26-20(41(17)4)29(50)43(7-3)32(51)42(26)6-2/h8-11,14,21-23,30,46-47H,5-7,12-13H2,1-4H3,(H,34,49)(H,36,45)(H3,33,38,39,40,48)/t21-,22+,23+,30+/m0/s1. The number of nitrogens with two attached hydrogens (primary N) is 1. The molecule has 0 spiro atoms. The zero-order valence-corrected chi connectivity index (χ0v) is 28.7. The van der Waals surface area contributed by atoms with E-state index in [0.29, 0.717) is 30.1 Å². The average Bonchev–Trinajstić information content (AvgIpc) is 3.77. The molecule has 5 heterocycles. The Morgan fingerprint density at radius 1 is 0.942 bits per heavy atom. The van der Waals surface area contributed by atoms with E-state index in [1.807, 2.05) is 0 Å². The Morgan fingerprint density at radius 2 is 1.65 bits per heavy atom. The van der Waals surface area contributed by atoms with Crippen molar-refractivity contribution < 1.29 is 29.3 Å². The number of imidazole rings is 2. The molecule has 0 unspecified atom stereocenters. The van der Waals surface area contributed by atoms with Crippen LogP contribution in [0.4, 0.5) is 17.5 Å². The first-order chi connectivity index (χ1) is 24.9. The third kappa shape index (κ3) is 6.37. The summed E-state index contributed by atoms with van der Waals surface area (Å²) in [7, 11) is 1.68. The molecule has 0 radical (unpaired) electrons. The number of carbonyl (C=O) groups excluding carboxylic acids is 3. The first-order valence-electron chi connectivity index (χ1n) is 16.6. The number of aliphatic hydroxyl groups excluding tert-OH is 2. The Morgan fingerprint density at radius 3 is 2.33 bits per heavy atom. The fraction of sp³-hybridized carbons (Fsp3) is 0.406. The molecule has 0 saturated carbocycles. The third-order valence-corrected chi connectivity index (χ3v) is 8.77. The van der Waals surface area contributed by atoms with Crippen molar-refractivity contribution in [2.24, 2.45) is 7.05 Å². The smallest absolute Gasteiger partial charge is 0.332 e. The van der Waals surface area contributed by atoms with E-state index in [2.05, 4.69) is 35.9 Å². The Labute approximate surface area is 294 Å². The van der Waals surface area contributed by atoms with Crippen molar-refractivity contribution in [3.8, 4) is 0 Å². The van der Waals surface area contributed by atoms with Crippen molar-refractivity contribution in [2.75, 3.05) is 22.9 Å². The van der Waals surface area contributed by atoms with Crippen molar-refractivity contribution in [1.82, 2.24) is 43.5 Å². The highest BCUT2D eigenvalue weighted by Crippen LogP contribution is 2.32. The molecule has 52 heavy (non-hydrogen) atoms. The summed E-state index contributed by atoms with van der Waals surface area (Å²) in [5, 5.41) is 29.0. The number of ether oxygens (including phenoxy) is 1. The maximum atomic E-state index is 13.1. The number of carbonyl (C=O) groups is 3. The minimum Gasteiger partial charge on any atom is -0.387 e. The molecule has 4 aromatic heterocycles. The highest BCUT2D eigenvalue weighted by molar-refractivity contribution is 6.04. The number of aliphatic hydroxyl groups is 2. The van der Waals surface area contributed by atoms with E-state index in [4.69, 9.17) is 10.5 Å². The van der Waals surface area contributed by atoms with Gasteiger partial charge < -0.3 is 35.9 Å². The van der Waals surface area contributed by atoms with Gasteiger partial charge in [-0.15, -0.1) is 0 Å². The summed E-state index contributed by atoms with van der Waals surface area (Å²) in [5.74, 6) is -1.32. The average molecular weight is 719 g/mol. The van der Waals surface area contributed by atoms with Crippen LogP contribution in [0.3, 0.4) is 0 Å². The lowest BCUT2D eigenvalue weighted by atomic mass is 10.1.